The third-order valence-electron chi connectivity index (χ3n) is 3.78. The van der Waals surface area contributed by atoms with Crippen molar-refractivity contribution in [2.75, 3.05) is 39.8 Å². The van der Waals surface area contributed by atoms with Gasteiger partial charge in [0.2, 0.25) is 5.91 Å². The number of carboxylic acid groups (broad SMARTS) is 1. The van der Waals surface area contributed by atoms with E-state index < -0.39 is 5.97 Å². The standard InChI is InChI=1S/C15H29N3O3/c1-12(2)11-13(16-6-4-5-14(19)20)15(21)18-9-7-17(3)8-10-18/h12-13,16H,4-11H2,1-3H3,(H,19,20)/t13-/m0/s1. The van der Waals surface area contributed by atoms with Gasteiger partial charge in [0.25, 0.3) is 0 Å². The third kappa shape index (κ3) is 6.91. The quantitative estimate of drug-likeness (QED) is 0.643. The van der Waals surface area contributed by atoms with Gasteiger partial charge < -0.3 is 20.2 Å². The SMILES string of the molecule is CC(C)C[C@H](NCCCC(=O)O)C(=O)N1CCN(C)CC1. The van der Waals surface area contributed by atoms with Gasteiger partial charge in [-0.2, -0.15) is 0 Å². The molecule has 1 heterocycles. The van der Waals surface area contributed by atoms with E-state index in [1.54, 1.807) is 0 Å². The first-order chi connectivity index (χ1) is 9.90. The number of carbonyl (C=O) groups excluding carboxylic acids is 1. The summed E-state index contributed by atoms with van der Waals surface area (Å²) < 4.78 is 0. The highest BCUT2D eigenvalue weighted by molar-refractivity contribution is 5.82. The maximum Gasteiger partial charge on any atom is 0.303 e. The van der Waals surface area contributed by atoms with Gasteiger partial charge in [0, 0.05) is 32.6 Å². The van der Waals surface area contributed by atoms with Crippen LogP contribution in [0.5, 0.6) is 0 Å². The molecule has 6 heteroatoms. The van der Waals surface area contributed by atoms with Crippen molar-refractivity contribution < 1.29 is 14.7 Å². The number of nitrogens with one attached hydrogen (secondary N) is 1. The van der Waals surface area contributed by atoms with Crippen LogP contribution in [0.2, 0.25) is 0 Å². The first kappa shape index (κ1) is 17.9. The summed E-state index contributed by atoms with van der Waals surface area (Å²) in [7, 11) is 2.07. The number of nitrogens with zero attached hydrogens (tertiary/aromatic N) is 2. The van der Waals surface area contributed by atoms with Crippen molar-refractivity contribution in [1.29, 1.82) is 0 Å². The molecule has 0 aliphatic carbocycles. The van der Waals surface area contributed by atoms with Crippen molar-refractivity contribution in [3.8, 4) is 0 Å². The van der Waals surface area contributed by atoms with Crippen molar-refractivity contribution in [2.24, 2.45) is 5.92 Å². The van der Waals surface area contributed by atoms with Gasteiger partial charge in [0.1, 0.15) is 0 Å². The summed E-state index contributed by atoms with van der Waals surface area (Å²) in [5, 5.41) is 11.9. The molecule has 1 aliphatic rings. The van der Waals surface area contributed by atoms with Crippen LogP contribution in [0.3, 0.4) is 0 Å². The fourth-order valence-electron chi connectivity index (χ4n) is 2.51. The molecular formula is C15H29N3O3. The number of carbonyl (C=O) groups is 2. The maximum atomic E-state index is 12.6. The molecular weight excluding hydrogens is 270 g/mol. The Hall–Kier alpha value is -1.14. The molecule has 6 nitrogen and oxygen atoms in total. The lowest BCUT2D eigenvalue weighted by atomic mass is 10.0. The van der Waals surface area contributed by atoms with E-state index in [2.05, 4.69) is 31.1 Å². The average molecular weight is 299 g/mol. The molecule has 0 aromatic heterocycles. The Bertz CT molecular complexity index is 339. The van der Waals surface area contributed by atoms with Gasteiger partial charge >= 0.3 is 5.97 Å². The van der Waals surface area contributed by atoms with E-state index >= 15 is 0 Å². The third-order valence-corrected chi connectivity index (χ3v) is 3.78. The summed E-state index contributed by atoms with van der Waals surface area (Å²) in [6.45, 7) is 8.16. The number of hydrogen-bond acceptors (Lipinski definition) is 4. The normalized spacial score (nSPS) is 18.0. The molecule has 0 spiro atoms. The Balaban J connectivity index is 2.47. The van der Waals surface area contributed by atoms with Crippen LogP contribution >= 0.6 is 0 Å². The number of carboxylic acids is 1. The average Bonchev–Trinajstić information content (AvgIpc) is 2.41. The Morgan fingerprint density at radius 3 is 2.33 bits per heavy atom. The minimum atomic E-state index is -0.789. The molecule has 1 atom stereocenters. The Morgan fingerprint density at radius 1 is 1.19 bits per heavy atom. The number of likely N-dealkylation sites (N-methyl/N-ethyl adjacent to an activating group) is 1. The second-order valence-corrected chi connectivity index (χ2v) is 6.26. The number of piperazine rings is 1. The van der Waals surface area contributed by atoms with Gasteiger partial charge in [-0.25, -0.2) is 0 Å². The molecule has 1 rings (SSSR count). The lowest BCUT2D eigenvalue weighted by Gasteiger charge is -2.35. The second kappa shape index (κ2) is 9.00. The summed E-state index contributed by atoms with van der Waals surface area (Å²) in [6, 6.07) is -0.192. The number of hydrogen-bond donors (Lipinski definition) is 2. The van der Waals surface area contributed by atoms with Crippen LogP contribution < -0.4 is 5.32 Å². The van der Waals surface area contributed by atoms with Crippen molar-refractivity contribution >= 4 is 11.9 Å². The van der Waals surface area contributed by atoms with E-state index in [1.807, 2.05) is 4.90 Å². The van der Waals surface area contributed by atoms with Crippen molar-refractivity contribution in [3.63, 3.8) is 0 Å². The summed E-state index contributed by atoms with van der Waals surface area (Å²) in [5.41, 5.74) is 0. The lowest BCUT2D eigenvalue weighted by molar-refractivity contribution is -0.137. The van der Waals surface area contributed by atoms with E-state index in [0.717, 1.165) is 32.6 Å². The van der Waals surface area contributed by atoms with Gasteiger partial charge in [-0.1, -0.05) is 13.8 Å². The van der Waals surface area contributed by atoms with Gasteiger partial charge in [0.15, 0.2) is 0 Å². The number of amides is 1. The molecule has 122 valence electrons. The molecule has 1 saturated heterocycles. The van der Waals surface area contributed by atoms with Gasteiger partial charge in [-0.05, 0) is 32.4 Å². The highest BCUT2D eigenvalue weighted by Crippen LogP contribution is 2.10. The number of aliphatic carboxylic acids is 1. The highest BCUT2D eigenvalue weighted by Gasteiger charge is 2.26. The van der Waals surface area contributed by atoms with Crippen LogP contribution in [0.4, 0.5) is 0 Å². The Labute approximate surface area is 127 Å². The lowest BCUT2D eigenvalue weighted by Crippen LogP contribution is -2.53. The highest BCUT2D eigenvalue weighted by atomic mass is 16.4. The summed E-state index contributed by atoms with van der Waals surface area (Å²) in [6.07, 6.45) is 1.49. The monoisotopic (exact) mass is 299 g/mol. The van der Waals surface area contributed by atoms with Crippen LogP contribution in [0.1, 0.15) is 33.1 Å². The fraction of sp³-hybridized carbons (Fsp3) is 0.867. The van der Waals surface area contributed by atoms with Gasteiger partial charge in [0.05, 0.1) is 6.04 Å². The van der Waals surface area contributed by atoms with Crippen molar-refractivity contribution in [3.05, 3.63) is 0 Å². The molecule has 0 radical (unpaired) electrons. The fourth-order valence-corrected chi connectivity index (χ4v) is 2.51. The predicted molar refractivity (Wildman–Crippen MR) is 82.2 cm³/mol. The molecule has 2 N–H and O–H groups in total. The van der Waals surface area contributed by atoms with E-state index in [-0.39, 0.29) is 18.4 Å². The topological polar surface area (TPSA) is 72.9 Å². The van der Waals surface area contributed by atoms with Gasteiger partial charge in [-0.15, -0.1) is 0 Å². The Morgan fingerprint density at radius 2 is 1.81 bits per heavy atom. The molecule has 0 unspecified atom stereocenters. The molecule has 0 aromatic carbocycles. The minimum Gasteiger partial charge on any atom is -0.481 e. The molecule has 1 aliphatic heterocycles. The first-order valence-corrected chi connectivity index (χ1v) is 7.82. The largest absolute Gasteiger partial charge is 0.481 e. The molecule has 1 fully saturated rings. The van der Waals surface area contributed by atoms with Crippen LogP contribution in [-0.2, 0) is 9.59 Å². The van der Waals surface area contributed by atoms with E-state index in [0.29, 0.717) is 18.9 Å². The molecule has 0 saturated carbocycles. The van der Waals surface area contributed by atoms with Crippen LogP contribution in [0.15, 0.2) is 0 Å². The van der Waals surface area contributed by atoms with Crippen LogP contribution in [0.25, 0.3) is 0 Å². The zero-order valence-electron chi connectivity index (χ0n) is 13.5. The summed E-state index contributed by atoms with van der Waals surface area (Å²) in [4.78, 5) is 27.3. The molecule has 0 aromatic rings. The van der Waals surface area contributed by atoms with E-state index in [9.17, 15) is 9.59 Å². The molecule has 1 amide bonds. The van der Waals surface area contributed by atoms with E-state index in [1.165, 1.54) is 0 Å². The second-order valence-electron chi connectivity index (χ2n) is 6.26. The first-order valence-electron chi connectivity index (χ1n) is 7.82. The van der Waals surface area contributed by atoms with Crippen LogP contribution in [-0.4, -0.2) is 72.6 Å². The van der Waals surface area contributed by atoms with Crippen molar-refractivity contribution in [2.45, 2.75) is 39.2 Å². The smallest absolute Gasteiger partial charge is 0.303 e. The number of rotatable bonds is 8. The van der Waals surface area contributed by atoms with E-state index in [4.69, 9.17) is 5.11 Å². The predicted octanol–water partition coefficient (Wildman–Crippen LogP) is 0.630. The molecule has 0 bridgehead atoms. The summed E-state index contributed by atoms with van der Waals surface area (Å²) in [5.74, 6) is -0.201. The van der Waals surface area contributed by atoms with Crippen LogP contribution in [0, 0.1) is 5.92 Å². The Kier molecular flexibility index (Phi) is 7.67. The zero-order chi connectivity index (χ0) is 15.8. The summed E-state index contributed by atoms with van der Waals surface area (Å²) >= 11 is 0. The maximum absolute atomic E-state index is 12.6. The minimum absolute atomic E-state index is 0.143. The van der Waals surface area contributed by atoms with Gasteiger partial charge in [-0.3, -0.25) is 9.59 Å². The zero-order valence-corrected chi connectivity index (χ0v) is 13.5. The van der Waals surface area contributed by atoms with Crippen molar-refractivity contribution in [1.82, 2.24) is 15.1 Å². The molecule has 21 heavy (non-hydrogen) atoms.